The van der Waals surface area contributed by atoms with Gasteiger partial charge in [-0.05, 0) is 29.5 Å². The number of halogens is 1. The van der Waals surface area contributed by atoms with Crippen LogP contribution in [0.4, 0.5) is 4.39 Å². The van der Waals surface area contributed by atoms with Crippen LogP contribution < -0.4 is 5.32 Å². The Labute approximate surface area is 118 Å². The third kappa shape index (κ3) is 4.64. The molecule has 0 bridgehead atoms. The standard InChI is InChI=1S/C15H20FNO3/c1-15(2,3)12(14(19)20)13(18)17-9-8-10-4-6-11(16)7-5-10/h4-7,12H,8-9H2,1-3H3,(H,17,18)(H,19,20). The molecule has 0 spiro atoms. The van der Waals surface area contributed by atoms with Gasteiger partial charge >= 0.3 is 5.97 Å². The lowest BCUT2D eigenvalue weighted by atomic mass is 9.80. The monoisotopic (exact) mass is 281 g/mol. The van der Waals surface area contributed by atoms with Crippen molar-refractivity contribution in [3.05, 3.63) is 35.6 Å². The van der Waals surface area contributed by atoms with Gasteiger partial charge < -0.3 is 10.4 Å². The summed E-state index contributed by atoms with van der Waals surface area (Å²) in [4.78, 5) is 23.1. The summed E-state index contributed by atoms with van der Waals surface area (Å²) in [6, 6.07) is 5.98. The van der Waals surface area contributed by atoms with Gasteiger partial charge in [0.25, 0.3) is 0 Å². The maximum atomic E-state index is 12.7. The quantitative estimate of drug-likeness (QED) is 0.813. The predicted octanol–water partition coefficient (Wildman–Crippen LogP) is 2.23. The van der Waals surface area contributed by atoms with E-state index >= 15 is 0 Å². The predicted molar refractivity (Wildman–Crippen MR) is 73.7 cm³/mol. The van der Waals surface area contributed by atoms with Gasteiger partial charge in [-0.2, -0.15) is 0 Å². The zero-order valence-corrected chi connectivity index (χ0v) is 11.9. The largest absolute Gasteiger partial charge is 0.481 e. The van der Waals surface area contributed by atoms with Gasteiger partial charge in [-0.1, -0.05) is 32.9 Å². The van der Waals surface area contributed by atoms with Gasteiger partial charge in [-0.25, -0.2) is 4.39 Å². The normalized spacial score (nSPS) is 12.8. The van der Waals surface area contributed by atoms with Crippen molar-refractivity contribution in [2.45, 2.75) is 27.2 Å². The molecule has 0 aliphatic heterocycles. The summed E-state index contributed by atoms with van der Waals surface area (Å²) in [6.45, 7) is 5.46. The summed E-state index contributed by atoms with van der Waals surface area (Å²) >= 11 is 0. The van der Waals surface area contributed by atoms with E-state index in [1.54, 1.807) is 32.9 Å². The zero-order valence-electron chi connectivity index (χ0n) is 11.9. The molecule has 1 aromatic carbocycles. The smallest absolute Gasteiger partial charge is 0.316 e. The van der Waals surface area contributed by atoms with Crippen LogP contribution in [0.3, 0.4) is 0 Å². The molecule has 5 heteroatoms. The maximum Gasteiger partial charge on any atom is 0.316 e. The van der Waals surface area contributed by atoms with Crippen molar-refractivity contribution in [1.29, 1.82) is 0 Å². The molecule has 0 radical (unpaired) electrons. The van der Waals surface area contributed by atoms with Gasteiger partial charge in [0.2, 0.25) is 5.91 Å². The molecule has 0 aliphatic carbocycles. The molecule has 2 N–H and O–H groups in total. The highest BCUT2D eigenvalue weighted by Gasteiger charge is 2.37. The number of aliphatic carboxylic acids is 1. The molecule has 0 aliphatic rings. The minimum Gasteiger partial charge on any atom is -0.481 e. The summed E-state index contributed by atoms with van der Waals surface area (Å²) in [5, 5.41) is 11.7. The van der Waals surface area contributed by atoms with Gasteiger partial charge in [-0.3, -0.25) is 9.59 Å². The lowest BCUT2D eigenvalue weighted by Crippen LogP contribution is -2.43. The number of hydrogen-bond donors (Lipinski definition) is 2. The van der Waals surface area contributed by atoms with Crippen LogP contribution in [0.25, 0.3) is 0 Å². The first-order valence-electron chi connectivity index (χ1n) is 6.47. The number of amides is 1. The van der Waals surface area contributed by atoms with Crippen molar-refractivity contribution >= 4 is 11.9 Å². The van der Waals surface area contributed by atoms with Crippen LogP contribution in [0.1, 0.15) is 26.3 Å². The van der Waals surface area contributed by atoms with E-state index in [1.165, 1.54) is 12.1 Å². The molecular formula is C15H20FNO3. The SMILES string of the molecule is CC(C)(C)C(C(=O)O)C(=O)NCCc1ccc(F)cc1. The molecule has 20 heavy (non-hydrogen) atoms. The number of carbonyl (C=O) groups excluding carboxylic acids is 1. The first kappa shape index (κ1) is 16.1. The van der Waals surface area contributed by atoms with Crippen molar-refractivity contribution in [3.63, 3.8) is 0 Å². The van der Waals surface area contributed by atoms with E-state index in [0.29, 0.717) is 13.0 Å². The highest BCUT2D eigenvalue weighted by Crippen LogP contribution is 2.26. The first-order chi connectivity index (χ1) is 9.21. The summed E-state index contributed by atoms with van der Waals surface area (Å²) in [5.74, 6) is -3.02. The second kappa shape index (κ2) is 6.50. The summed E-state index contributed by atoms with van der Waals surface area (Å²) in [6.07, 6.45) is 0.530. The average Bonchev–Trinajstić information content (AvgIpc) is 2.29. The van der Waals surface area contributed by atoms with E-state index in [-0.39, 0.29) is 5.82 Å². The third-order valence-electron chi connectivity index (χ3n) is 3.00. The zero-order chi connectivity index (χ0) is 15.3. The molecule has 1 unspecified atom stereocenters. The number of hydrogen-bond acceptors (Lipinski definition) is 2. The second-order valence-electron chi connectivity index (χ2n) is 5.80. The number of rotatable bonds is 5. The molecule has 0 heterocycles. The molecule has 0 saturated carbocycles. The number of carbonyl (C=O) groups is 2. The van der Waals surface area contributed by atoms with E-state index in [4.69, 9.17) is 5.11 Å². The molecule has 0 aromatic heterocycles. The van der Waals surface area contributed by atoms with Crippen LogP contribution in [-0.4, -0.2) is 23.5 Å². The molecule has 1 rings (SSSR count). The van der Waals surface area contributed by atoms with Gasteiger partial charge in [0, 0.05) is 6.54 Å². The minimum absolute atomic E-state index is 0.309. The van der Waals surface area contributed by atoms with Crippen molar-refractivity contribution in [1.82, 2.24) is 5.32 Å². The fraction of sp³-hybridized carbons (Fsp3) is 0.467. The molecule has 0 fully saturated rings. The Morgan fingerprint density at radius 1 is 1.25 bits per heavy atom. The van der Waals surface area contributed by atoms with Crippen molar-refractivity contribution < 1.29 is 19.1 Å². The van der Waals surface area contributed by atoms with Crippen molar-refractivity contribution in [2.24, 2.45) is 11.3 Å². The Bertz CT molecular complexity index is 477. The Hall–Kier alpha value is -1.91. The van der Waals surface area contributed by atoms with Gasteiger partial charge in [0.15, 0.2) is 0 Å². The highest BCUT2D eigenvalue weighted by atomic mass is 19.1. The van der Waals surface area contributed by atoms with Crippen LogP contribution in [0.2, 0.25) is 0 Å². The fourth-order valence-electron chi connectivity index (χ4n) is 1.96. The number of carboxylic acids is 1. The highest BCUT2D eigenvalue weighted by molar-refractivity contribution is 5.97. The molecule has 1 aromatic rings. The molecule has 0 saturated heterocycles. The summed E-state index contributed by atoms with van der Waals surface area (Å²) in [5.41, 5.74) is 0.237. The molecular weight excluding hydrogens is 261 g/mol. The average molecular weight is 281 g/mol. The van der Waals surface area contributed by atoms with Crippen LogP contribution in [0.15, 0.2) is 24.3 Å². The van der Waals surface area contributed by atoms with Crippen LogP contribution in [0, 0.1) is 17.2 Å². The lowest BCUT2D eigenvalue weighted by Gasteiger charge is -2.25. The molecule has 110 valence electrons. The number of benzene rings is 1. The Kier molecular flexibility index (Phi) is 5.25. The van der Waals surface area contributed by atoms with Crippen LogP contribution in [0.5, 0.6) is 0 Å². The van der Waals surface area contributed by atoms with Crippen LogP contribution in [-0.2, 0) is 16.0 Å². The summed E-state index contributed by atoms with van der Waals surface area (Å²) in [7, 11) is 0. The Morgan fingerprint density at radius 2 is 1.80 bits per heavy atom. The molecule has 4 nitrogen and oxygen atoms in total. The van der Waals surface area contributed by atoms with Gasteiger partial charge in [0.05, 0.1) is 0 Å². The molecule has 1 atom stereocenters. The third-order valence-corrected chi connectivity index (χ3v) is 3.00. The number of carboxylic acid groups (broad SMARTS) is 1. The van der Waals surface area contributed by atoms with E-state index in [0.717, 1.165) is 5.56 Å². The Balaban J connectivity index is 2.54. The van der Waals surface area contributed by atoms with E-state index < -0.39 is 23.2 Å². The number of nitrogens with one attached hydrogen (secondary N) is 1. The second-order valence-corrected chi connectivity index (χ2v) is 5.80. The van der Waals surface area contributed by atoms with E-state index in [2.05, 4.69) is 5.32 Å². The van der Waals surface area contributed by atoms with Gasteiger partial charge in [-0.15, -0.1) is 0 Å². The van der Waals surface area contributed by atoms with Crippen molar-refractivity contribution in [2.75, 3.05) is 6.54 Å². The minimum atomic E-state index is -1.13. The fourth-order valence-corrected chi connectivity index (χ4v) is 1.96. The van der Waals surface area contributed by atoms with E-state index in [9.17, 15) is 14.0 Å². The van der Waals surface area contributed by atoms with Gasteiger partial charge in [0.1, 0.15) is 11.7 Å². The van der Waals surface area contributed by atoms with Crippen molar-refractivity contribution in [3.8, 4) is 0 Å². The van der Waals surface area contributed by atoms with E-state index in [1.807, 2.05) is 0 Å². The summed E-state index contributed by atoms with van der Waals surface area (Å²) < 4.78 is 12.7. The topological polar surface area (TPSA) is 66.4 Å². The molecule has 1 amide bonds. The first-order valence-corrected chi connectivity index (χ1v) is 6.47. The Morgan fingerprint density at radius 3 is 2.25 bits per heavy atom. The maximum absolute atomic E-state index is 12.7. The van der Waals surface area contributed by atoms with Crippen LogP contribution >= 0.6 is 0 Å². The lowest BCUT2D eigenvalue weighted by molar-refractivity contribution is -0.151.